The summed E-state index contributed by atoms with van der Waals surface area (Å²) >= 11 is 0.817. The Bertz CT molecular complexity index is 370. The van der Waals surface area contributed by atoms with Gasteiger partial charge in [-0.2, -0.15) is 4.99 Å². The molecule has 18 heavy (non-hydrogen) atoms. The van der Waals surface area contributed by atoms with Gasteiger partial charge in [-0.1, -0.05) is 11.8 Å². The molecule has 0 atom stereocenters. The molecule has 9 heteroatoms. The van der Waals surface area contributed by atoms with Crippen molar-refractivity contribution in [2.75, 3.05) is 5.75 Å². The number of amidine groups is 1. The predicted molar refractivity (Wildman–Crippen MR) is 72.4 cm³/mol. The number of imide groups is 1. The molecule has 3 amide bonds. The van der Waals surface area contributed by atoms with Crippen LogP contribution in [0.2, 0.25) is 0 Å². The van der Waals surface area contributed by atoms with Crippen LogP contribution in [0.15, 0.2) is 4.99 Å². The zero-order valence-corrected chi connectivity index (χ0v) is 11.4. The quantitative estimate of drug-likeness (QED) is 0.342. The smallest absolute Gasteiger partial charge is 0.321 e. The summed E-state index contributed by atoms with van der Waals surface area (Å²) < 4.78 is 0. The summed E-state index contributed by atoms with van der Waals surface area (Å²) in [6.07, 6.45) is 0. The van der Waals surface area contributed by atoms with E-state index in [4.69, 9.17) is 16.9 Å². The molecular formula is C9H18N6O2S. The molecule has 0 aromatic heterocycles. The summed E-state index contributed by atoms with van der Waals surface area (Å²) in [4.78, 5) is 26.1. The lowest BCUT2D eigenvalue weighted by molar-refractivity contribution is -0.117. The van der Waals surface area contributed by atoms with Crippen molar-refractivity contribution in [2.45, 2.75) is 26.3 Å². The number of amides is 3. The molecule has 0 bridgehead atoms. The summed E-state index contributed by atoms with van der Waals surface area (Å²) in [6.45, 7) is 5.38. The van der Waals surface area contributed by atoms with E-state index >= 15 is 0 Å². The van der Waals surface area contributed by atoms with E-state index in [-0.39, 0.29) is 16.9 Å². The number of carbonyl (C=O) groups is 2. The lowest BCUT2D eigenvalue weighted by atomic mass is 10.1. The fourth-order valence-electron chi connectivity index (χ4n) is 0.818. The molecular weight excluding hydrogens is 256 g/mol. The minimum absolute atomic E-state index is 0.118. The van der Waals surface area contributed by atoms with E-state index < -0.39 is 17.5 Å². The Balaban J connectivity index is 4.03. The second kappa shape index (κ2) is 6.84. The average Bonchev–Trinajstić information content (AvgIpc) is 2.10. The van der Waals surface area contributed by atoms with Gasteiger partial charge in [0, 0.05) is 5.54 Å². The Labute approximate surface area is 109 Å². The first-order chi connectivity index (χ1) is 8.10. The largest absolute Gasteiger partial charge is 0.370 e. The van der Waals surface area contributed by atoms with E-state index in [9.17, 15) is 9.59 Å². The molecule has 8 nitrogen and oxygen atoms in total. The number of nitrogens with one attached hydrogen (secondary N) is 3. The molecule has 0 aliphatic carbocycles. The van der Waals surface area contributed by atoms with Crippen LogP contribution in [0.25, 0.3) is 0 Å². The van der Waals surface area contributed by atoms with Crippen LogP contribution in [0.5, 0.6) is 0 Å². The Morgan fingerprint density at radius 2 is 1.89 bits per heavy atom. The molecule has 0 aliphatic heterocycles. The summed E-state index contributed by atoms with van der Waals surface area (Å²) in [5.74, 6) is -0.900. The number of rotatable bonds is 2. The maximum absolute atomic E-state index is 11.3. The highest BCUT2D eigenvalue weighted by atomic mass is 32.2. The van der Waals surface area contributed by atoms with Crippen molar-refractivity contribution in [3.63, 3.8) is 0 Å². The molecule has 0 aromatic carbocycles. The number of nitrogens with two attached hydrogens (primary N) is 2. The Kier molecular flexibility index (Phi) is 6.17. The van der Waals surface area contributed by atoms with Crippen molar-refractivity contribution in [3.8, 4) is 0 Å². The van der Waals surface area contributed by atoms with E-state index in [1.165, 1.54) is 0 Å². The number of guanidine groups is 1. The van der Waals surface area contributed by atoms with Crippen molar-refractivity contribution in [1.82, 2.24) is 10.6 Å². The van der Waals surface area contributed by atoms with Gasteiger partial charge in [-0.15, -0.1) is 0 Å². The fraction of sp³-hybridized carbons (Fsp3) is 0.556. The molecule has 7 N–H and O–H groups in total. The molecule has 0 aromatic rings. The van der Waals surface area contributed by atoms with E-state index in [0.29, 0.717) is 0 Å². The van der Waals surface area contributed by atoms with Gasteiger partial charge in [-0.05, 0) is 20.8 Å². The maximum Gasteiger partial charge on any atom is 0.321 e. The summed E-state index contributed by atoms with van der Waals surface area (Å²) in [7, 11) is 0. The van der Waals surface area contributed by atoms with Gasteiger partial charge < -0.3 is 16.8 Å². The summed E-state index contributed by atoms with van der Waals surface area (Å²) in [6, 6.07) is -0.582. The second-order valence-corrected chi connectivity index (χ2v) is 5.35. The molecule has 0 aliphatic rings. The number of aliphatic imine (C=N–C) groups is 1. The van der Waals surface area contributed by atoms with Gasteiger partial charge in [0.2, 0.25) is 5.91 Å². The van der Waals surface area contributed by atoms with Gasteiger partial charge >= 0.3 is 6.03 Å². The van der Waals surface area contributed by atoms with E-state index in [1.807, 2.05) is 0 Å². The van der Waals surface area contributed by atoms with Crippen LogP contribution in [-0.2, 0) is 4.79 Å². The lowest BCUT2D eigenvalue weighted by Crippen LogP contribution is -2.48. The number of urea groups is 1. The van der Waals surface area contributed by atoms with Crippen LogP contribution in [0.1, 0.15) is 20.8 Å². The Morgan fingerprint density at radius 1 is 1.33 bits per heavy atom. The van der Waals surface area contributed by atoms with Crippen molar-refractivity contribution >= 4 is 34.8 Å². The highest BCUT2D eigenvalue weighted by Crippen LogP contribution is 2.02. The van der Waals surface area contributed by atoms with E-state index in [0.717, 1.165) is 11.8 Å². The molecule has 0 radical (unpaired) electrons. The van der Waals surface area contributed by atoms with Gasteiger partial charge in [-0.25, -0.2) is 4.79 Å². The molecule has 0 fully saturated rings. The second-order valence-electron chi connectivity index (χ2n) is 4.38. The third-order valence-electron chi connectivity index (χ3n) is 1.31. The number of hydrogen-bond donors (Lipinski definition) is 5. The molecule has 102 valence electrons. The minimum Gasteiger partial charge on any atom is -0.370 e. The maximum atomic E-state index is 11.3. The van der Waals surface area contributed by atoms with Gasteiger partial charge in [-0.3, -0.25) is 15.5 Å². The van der Waals surface area contributed by atoms with Crippen LogP contribution in [0, 0.1) is 5.41 Å². The Morgan fingerprint density at radius 3 is 2.33 bits per heavy atom. The molecule has 0 rings (SSSR count). The van der Waals surface area contributed by atoms with Gasteiger partial charge in [0.25, 0.3) is 0 Å². The van der Waals surface area contributed by atoms with Crippen molar-refractivity contribution in [3.05, 3.63) is 0 Å². The van der Waals surface area contributed by atoms with Gasteiger partial charge in [0.1, 0.15) is 0 Å². The fourth-order valence-corrected chi connectivity index (χ4v) is 1.33. The normalized spacial score (nSPS) is 10.4. The zero-order chi connectivity index (χ0) is 14.3. The van der Waals surface area contributed by atoms with Crippen molar-refractivity contribution in [1.29, 1.82) is 5.41 Å². The molecule has 0 unspecified atom stereocenters. The molecule has 0 saturated heterocycles. The number of hydrogen-bond acceptors (Lipinski definition) is 4. The van der Waals surface area contributed by atoms with Gasteiger partial charge in [0.05, 0.1) is 5.75 Å². The monoisotopic (exact) mass is 274 g/mol. The predicted octanol–water partition coefficient (Wildman–Crippen LogP) is -0.448. The first kappa shape index (κ1) is 16.2. The van der Waals surface area contributed by atoms with Crippen molar-refractivity contribution < 1.29 is 9.59 Å². The van der Waals surface area contributed by atoms with Crippen LogP contribution in [0.4, 0.5) is 4.79 Å². The molecule has 0 saturated carbocycles. The third-order valence-corrected chi connectivity index (χ3v) is 2.08. The SMILES string of the molecule is CC(C)(C)NC(=O)NC(=O)CSC(=N)N=C(N)N. The first-order valence-electron chi connectivity index (χ1n) is 5.03. The average molecular weight is 274 g/mol. The number of carbonyl (C=O) groups excluding carboxylic acids is 2. The van der Waals surface area contributed by atoms with Crippen LogP contribution in [-0.4, -0.2) is 34.4 Å². The minimum atomic E-state index is -0.582. The van der Waals surface area contributed by atoms with Crippen LogP contribution in [0.3, 0.4) is 0 Å². The van der Waals surface area contributed by atoms with Crippen LogP contribution >= 0.6 is 11.8 Å². The number of nitrogens with zero attached hydrogens (tertiary/aromatic N) is 1. The van der Waals surface area contributed by atoms with E-state index in [2.05, 4.69) is 15.6 Å². The van der Waals surface area contributed by atoms with Crippen LogP contribution < -0.4 is 22.1 Å². The highest BCUT2D eigenvalue weighted by molar-refractivity contribution is 8.14. The topological polar surface area (TPSA) is 146 Å². The zero-order valence-electron chi connectivity index (χ0n) is 10.5. The standard InChI is InChI=1S/C9H18N6O2S/c1-9(2,3)15-8(17)13-5(16)4-18-7(12)14-6(10)11/h4H2,1-3H3,(H5,10,11,12,14)(H2,13,15,16,17). The lowest BCUT2D eigenvalue weighted by Gasteiger charge is -2.20. The number of thioether (sulfide) groups is 1. The first-order valence-corrected chi connectivity index (χ1v) is 6.01. The van der Waals surface area contributed by atoms with Gasteiger partial charge in [0.15, 0.2) is 11.1 Å². The summed E-state index contributed by atoms with van der Waals surface area (Å²) in [5.41, 5.74) is 9.69. The van der Waals surface area contributed by atoms with E-state index in [1.54, 1.807) is 20.8 Å². The highest BCUT2D eigenvalue weighted by Gasteiger charge is 2.15. The third kappa shape index (κ3) is 9.46. The van der Waals surface area contributed by atoms with Crippen molar-refractivity contribution in [2.24, 2.45) is 16.5 Å². The molecule has 0 heterocycles. The molecule has 0 spiro atoms. The Hall–Kier alpha value is -1.77. The summed E-state index contributed by atoms with van der Waals surface area (Å²) in [5, 5.41) is 11.8.